The first-order valence-electron chi connectivity index (χ1n) is 5.61. The van der Waals surface area contributed by atoms with E-state index in [2.05, 4.69) is 32.6 Å². The third-order valence-corrected chi connectivity index (χ3v) is 2.31. The maximum absolute atomic E-state index is 10.9. The predicted octanol–water partition coefficient (Wildman–Crippen LogP) is -0.437. The topological polar surface area (TPSA) is 29.5 Å². The molecule has 0 bridgehead atoms. The summed E-state index contributed by atoms with van der Waals surface area (Å²) in [6, 6.07) is 0.916. The molecule has 92 valence electrons. The number of esters is 1. The van der Waals surface area contributed by atoms with Gasteiger partial charge in [0.15, 0.2) is 0 Å². The van der Waals surface area contributed by atoms with Crippen LogP contribution in [0.3, 0.4) is 0 Å². The summed E-state index contributed by atoms with van der Waals surface area (Å²) in [6.45, 7) is 14.7. The van der Waals surface area contributed by atoms with Crippen molar-refractivity contribution < 1.29 is 29.8 Å². The van der Waals surface area contributed by atoms with E-state index in [0.29, 0.717) is 12.1 Å². The molecule has 0 atom stereocenters. The first-order chi connectivity index (χ1) is 6.65. The summed E-state index contributed by atoms with van der Waals surface area (Å²) in [7, 11) is 0. The van der Waals surface area contributed by atoms with Gasteiger partial charge in [0.05, 0.1) is 0 Å². The number of carbonyl (C=O) groups is 1. The largest absolute Gasteiger partial charge is 1.00 e. The minimum atomic E-state index is -0.416. The smallest absolute Gasteiger partial charge is 1.00 e. The van der Waals surface area contributed by atoms with Gasteiger partial charge in [-0.1, -0.05) is 0 Å². The molecule has 3 nitrogen and oxygen atoms in total. The van der Waals surface area contributed by atoms with E-state index >= 15 is 0 Å². The average Bonchev–Trinajstić information content (AvgIpc) is 1.96. The van der Waals surface area contributed by atoms with Crippen LogP contribution in [0.4, 0.5) is 0 Å². The van der Waals surface area contributed by atoms with Gasteiger partial charge in [0.1, 0.15) is 5.60 Å². The second-order valence-corrected chi connectivity index (χ2v) is 5.21. The van der Waals surface area contributed by atoms with Crippen LogP contribution in [-0.4, -0.2) is 35.1 Å². The van der Waals surface area contributed by atoms with E-state index in [0.717, 1.165) is 6.54 Å². The molecule has 0 heterocycles. The fourth-order valence-corrected chi connectivity index (χ4v) is 1.82. The van der Waals surface area contributed by atoms with Crippen LogP contribution < -0.4 is 18.9 Å². The summed E-state index contributed by atoms with van der Waals surface area (Å²) in [4.78, 5) is 13.3. The summed E-state index contributed by atoms with van der Waals surface area (Å²) in [5, 5.41) is 0. The van der Waals surface area contributed by atoms with Crippen molar-refractivity contribution in [1.29, 1.82) is 0 Å². The Balaban J connectivity index is -0.000000980. The predicted molar refractivity (Wildman–Crippen MR) is 63.9 cm³/mol. The van der Waals surface area contributed by atoms with E-state index in [1.165, 1.54) is 6.92 Å². The maximum atomic E-state index is 10.9. The van der Waals surface area contributed by atoms with Crippen LogP contribution in [0.25, 0.3) is 0 Å². The molecule has 0 saturated heterocycles. The Labute approximate surface area is 114 Å². The van der Waals surface area contributed by atoms with Crippen molar-refractivity contribution in [1.82, 2.24) is 4.90 Å². The Kier molecular flexibility index (Phi) is 8.48. The molecule has 4 heteroatoms. The number of ether oxygens (including phenoxy) is 1. The van der Waals surface area contributed by atoms with Crippen molar-refractivity contribution in [2.24, 2.45) is 0 Å². The zero-order chi connectivity index (χ0) is 12.2. The molecule has 0 N–H and O–H groups in total. The molecule has 0 aromatic carbocycles. The molecule has 0 saturated carbocycles. The Morgan fingerprint density at radius 1 is 1.25 bits per heavy atom. The Hall–Kier alpha value is 0.0274. The van der Waals surface area contributed by atoms with Crippen molar-refractivity contribution in [3.05, 3.63) is 0 Å². The van der Waals surface area contributed by atoms with E-state index in [-0.39, 0.29) is 26.3 Å². The van der Waals surface area contributed by atoms with Crippen molar-refractivity contribution in [3.63, 3.8) is 0 Å². The van der Waals surface area contributed by atoms with E-state index in [1.54, 1.807) is 0 Å². The molecule has 0 spiro atoms. The molecule has 0 radical (unpaired) electrons. The SMILES string of the molecule is CC(=O)OC(C)(C)CN(C(C)C)C(C)C.[H-].[Li+]. The molecular formula is C12H26LiNO2. The molecule has 0 aromatic rings. The van der Waals surface area contributed by atoms with Crippen LogP contribution in [0.2, 0.25) is 0 Å². The van der Waals surface area contributed by atoms with Gasteiger partial charge >= 0.3 is 24.8 Å². The van der Waals surface area contributed by atoms with Gasteiger partial charge in [0.2, 0.25) is 0 Å². The molecule has 0 unspecified atom stereocenters. The molecule has 16 heavy (non-hydrogen) atoms. The zero-order valence-electron chi connectivity index (χ0n) is 13.1. The Morgan fingerprint density at radius 3 is 1.88 bits per heavy atom. The van der Waals surface area contributed by atoms with Crippen LogP contribution in [0.5, 0.6) is 0 Å². The average molecular weight is 223 g/mol. The van der Waals surface area contributed by atoms with Crippen molar-refractivity contribution in [2.75, 3.05) is 6.54 Å². The van der Waals surface area contributed by atoms with Gasteiger partial charge in [-0.25, -0.2) is 0 Å². The summed E-state index contributed by atoms with van der Waals surface area (Å²) in [6.07, 6.45) is 0. The maximum Gasteiger partial charge on any atom is 1.00 e. The standard InChI is InChI=1S/C12H25NO2.Li.H/c1-9(2)13(10(3)4)8-12(6,7)15-11(5)14;;/h9-10H,8H2,1-7H3;;/q;+1;-1. The van der Waals surface area contributed by atoms with Crippen LogP contribution in [0.15, 0.2) is 0 Å². The number of rotatable bonds is 5. The zero-order valence-corrected chi connectivity index (χ0v) is 12.1. The monoisotopic (exact) mass is 223 g/mol. The number of hydrogen-bond donors (Lipinski definition) is 0. The van der Waals surface area contributed by atoms with Crippen molar-refractivity contribution in [2.45, 2.75) is 66.2 Å². The first-order valence-corrected chi connectivity index (χ1v) is 5.61. The summed E-state index contributed by atoms with van der Waals surface area (Å²) >= 11 is 0. The van der Waals surface area contributed by atoms with Gasteiger partial charge in [0, 0.05) is 25.6 Å². The van der Waals surface area contributed by atoms with E-state index in [9.17, 15) is 4.79 Å². The molecule has 0 aliphatic rings. The van der Waals surface area contributed by atoms with Gasteiger partial charge in [-0.2, -0.15) is 0 Å². The van der Waals surface area contributed by atoms with Crippen molar-refractivity contribution >= 4 is 5.97 Å². The molecule has 0 aromatic heterocycles. The molecule has 0 rings (SSSR count). The van der Waals surface area contributed by atoms with E-state index in [4.69, 9.17) is 4.74 Å². The van der Waals surface area contributed by atoms with Gasteiger partial charge in [-0.3, -0.25) is 9.69 Å². The number of hydrogen-bond acceptors (Lipinski definition) is 3. The summed E-state index contributed by atoms with van der Waals surface area (Å²) in [5.74, 6) is -0.215. The normalized spacial score (nSPS) is 11.9. The van der Waals surface area contributed by atoms with E-state index < -0.39 is 5.60 Å². The van der Waals surface area contributed by atoms with Crippen LogP contribution in [-0.2, 0) is 9.53 Å². The second kappa shape index (κ2) is 7.37. The van der Waals surface area contributed by atoms with Gasteiger partial charge in [0.25, 0.3) is 0 Å². The minimum absolute atomic E-state index is 0. The third-order valence-electron chi connectivity index (χ3n) is 2.31. The van der Waals surface area contributed by atoms with Crippen LogP contribution in [0, 0.1) is 0 Å². The molecule has 0 aliphatic carbocycles. The minimum Gasteiger partial charge on any atom is -1.00 e. The van der Waals surface area contributed by atoms with Gasteiger partial charge < -0.3 is 6.16 Å². The Bertz CT molecular complexity index is 213. The molecular weight excluding hydrogens is 197 g/mol. The summed E-state index contributed by atoms with van der Waals surface area (Å²) in [5.41, 5.74) is -0.416. The number of carbonyl (C=O) groups excluding carboxylic acids is 1. The molecule has 0 amide bonds. The second-order valence-electron chi connectivity index (χ2n) is 5.21. The third kappa shape index (κ3) is 7.33. The Morgan fingerprint density at radius 2 is 1.62 bits per heavy atom. The van der Waals surface area contributed by atoms with Crippen molar-refractivity contribution in [3.8, 4) is 0 Å². The van der Waals surface area contributed by atoms with E-state index in [1.807, 2.05) is 13.8 Å². The first kappa shape index (κ1) is 18.4. The molecule has 0 fully saturated rings. The fourth-order valence-electron chi connectivity index (χ4n) is 1.82. The quantitative estimate of drug-likeness (QED) is 0.467. The van der Waals surface area contributed by atoms with Gasteiger partial charge in [-0.05, 0) is 41.5 Å². The number of nitrogens with zero attached hydrogens (tertiary/aromatic N) is 1. The summed E-state index contributed by atoms with van der Waals surface area (Å²) < 4.78 is 5.29. The van der Waals surface area contributed by atoms with Crippen LogP contribution >= 0.6 is 0 Å². The molecule has 0 aliphatic heterocycles. The van der Waals surface area contributed by atoms with Gasteiger partial charge in [-0.15, -0.1) is 0 Å². The van der Waals surface area contributed by atoms with Crippen LogP contribution in [0.1, 0.15) is 49.9 Å². The fraction of sp³-hybridized carbons (Fsp3) is 0.917.